The number of nitrogens with one attached hydrogen (secondary N) is 2. The zero-order chi connectivity index (χ0) is 10.5. The molecular formula is C4H5F3N2O. The van der Waals surface area contributed by atoms with Crippen LogP contribution in [0.5, 0.6) is 0 Å². The molecule has 1 rings (SSSR count). The van der Waals surface area contributed by atoms with Crippen LogP contribution in [-0.2, 0) is 0 Å². The zero-order valence-electron chi connectivity index (χ0n) is 7.54. The van der Waals surface area contributed by atoms with E-state index < -0.39 is 24.7 Å². The minimum Gasteiger partial charge on any atom is -0.336 e. The second kappa shape index (κ2) is 2.03. The van der Waals surface area contributed by atoms with Gasteiger partial charge in [0.25, 0.3) is 0 Å². The van der Waals surface area contributed by atoms with Crippen LogP contribution in [0.3, 0.4) is 0 Å². The Bertz CT molecular complexity index is 256. The summed E-state index contributed by atoms with van der Waals surface area (Å²) in [7, 11) is 0. The van der Waals surface area contributed by atoms with Crippen LogP contribution < -0.4 is 10.6 Å². The molecule has 0 saturated carbocycles. The maximum atomic E-state index is 12.1. The summed E-state index contributed by atoms with van der Waals surface area (Å²) in [5.74, 6) is 0. The number of hydrogen-bond donors (Lipinski definition) is 2. The van der Waals surface area contributed by atoms with Crippen LogP contribution in [0, 0.1) is 0 Å². The molecule has 10 heavy (non-hydrogen) atoms. The standard InChI is InChI=1S/C4H5F3N2O/c5-4(6,7)2-1-8-3(10)9-2/h2H,1H2,(H2,8,9,10)/t2-/m1/s1/i1D2,2D. The van der Waals surface area contributed by atoms with E-state index in [9.17, 15) is 18.0 Å². The molecule has 1 aliphatic rings. The highest BCUT2D eigenvalue weighted by molar-refractivity contribution is 5.76. The van der Waals surface area contributed by atoms with Gasteiger partial charge in [-0.1, -0.05) is 0 Å². The summed E-state index contributed by atoms with van der Waals surface area (Å²) in [5.41, 5.74) is 0. The second-order valence-electron chi connectivity index (χ2n) is 1.58. The molecule has 2 N–H and O–H groups in total. The molecule has 0 aromatic carbocycles. The highest BCUT2D eigenvalue weighted by atomic mass is 19.4. The van der Waals surface area contributed by atoms with Gasteiger partial charge >= 0.3 is 12.2 Å². The lowest BCUT2D eigenvalue weighted by Crippen LogP contribution is -2.40. The normalized spacial score (nSPS) is 42.7. The summed E-state index contributed by atoms with van der Waals surface area (Å²) in [6, 6.07) is -4.98. The van der Waals surface area contributed by atoms with E-state index in [0.717, 1.165) is 0 Å². The number of carbonyl (C=O) groups is 1. The molecular weight excluding hydrogens is 149 g/mol. The highest BCUT2D eigenvalue weighted by Crippen LogP contribution is 2.20. The van der Waals surface area contributed by atoms with Crippen molar-refractivity contribution in [2.45, 2.75) is 12.2 Å². The molecule has 1 aliphatic heterocycles. The van der Waals surface area contributed by atoms with E-state index in [1.54, 1.807) is 0 Å². The molecule has 58 valence electrons. The molecule has 1 heterocycles. The van der Waals surface area contributed by atoms with Crippen molar-refractivity contribution in [2.75, 3.05) is 6.50 Å². The Hall–Kier alpha value is -0.940. The molecule has 0 spiro atoms. The fraction of sp³-hybridized carbons (Fsp3) is 0.750. The van der Waals surface area contributed by atoms with Crippen LogP contribution in [0.1, 0.15) is 4.11 Å². The average Bonchev–Trinajstić information content (AvgIpc) is 2.00. The number of halogens is 3. The van der Waals surface area contributed by atoms with Crippen LogP contribution in [0.15, 0.2) is 0 Å². The minimum absolute atomic E-state index is 1.18. The monoisotopic (exact) mass is 157 g/mol. The van der Waals surface area contributed by atoms with Crippen molar-refractivity contribution in [1.82, 2.24) is 10.6 Å². The first kappa shape index (κ1) is 4.05. The van der Waals surface area contributed by atoms with Crippen LogP contribution in [-0.4, -0.2) is 24.7 Å². The summed E-state index contributed by atoms with van der Waals surface area (Å²) in [4.78, 5) is 10.4. The van der Waals surface area contributed by atoms with E-state index in [4.69, 9.17) is 4.11 Å². The van der Waals surface area contributed by atoms with Gasteiger partial charge in [0.05, 0.1) is 4.11 Å². The molecule has 0 aromatic heterocycles. The van der Waals surface area contributed by atoms with E-state index in [1.807, 2.05) is 0 Å². The number of hydrogen-bond acceptors (Lipinski definition) is 1. The van der Waals surface area contributed by atoms with Gasteiger partial charge in [0.15, 0.2) is 0 Å². The molecule has 0 aromatic rings. The van der Waals surface area contributed by atoms with Gasteiger partial charge in [-0.15, -0.1) is 0 Å². The first-order valence-electron chi connectivity index (χ1n) is 3.77. The minimum atomic E-state index is -5.17. The Balaban J connectivity index is 3.10. The molecule has 1 saturated heterocycles. The second-order valence-corrected chi connectivity index (χ2v) is 1.58. The van der Waals surface area contributed by atoms with Crippen molar-refractivity contribution < 1.29 is 22.1 Å². The van der Waals surface area contributed by atoms with Crippen LogP contribution in [0.4, 0.5) is 18.0 Å². The van der Waals surface area contributed by atoms with Gasteiger partial charge < -0.3 is 10.6 Å². The summed E-state index contributed by atoms with van der Waals surface area (Å²) < 4.78 is 56.7. The third-order valence-electron chi connectivity index (χ3n) is 0.823. The predicted molar refractivity (Wildman–Crippen MR) is 26.4 cm³/mol. The summed E-state index contributed by atoms with van der Waals surface area (Å²) in [6.07, 6.45) is -5.17. The van der Waals surface area contributed by atoms with Gasteiger partial charge in [-0.2, -0.15) is 13.2 Å². The molecule has 3 nitrogen and oxygen atoms in total. The lowest BCUT2D eigenvalue weighted by Gasteiger charge is -2.11. The van der Waals surface area contributed by atoms with E-state index in [0.29, 0.717) is 0 Å². The third kappa shape index (κ3) is 1.31. The van der Waals surface area contributed by atoms with E-state index in [-0.39, 0.29) is 0 Å². The first-order chi connectivity index (χ1) is 5.60. The molecule has 0 unspecified atom stereocenters. The largest absolute Gasteiger partial charge is 0.410 e. The van der Waals surface area contributed by atoms with E-state index in [1.165, 1.54) is 10.6 Å². The average molecular weight is 157 g/mol. The highest BCUT2D eigenvalue weighted by Gasteiger charge is 2.43. The van der Waals surface area contributed by atoms with Crippen molar-refractivity contribution in [1.29, 1.82) is 0 Å². The molecule has 0 aliphatic carbocycles. The Morgan fingerprint density at radius 3 is 2.60 bits per heavy atom. The maximum Gasteiger partial charge on any atom is 0.410 e. The van der Waals surface area contributed by atoms with Crippen LogP contribution >= 0.6 is 0 Å². The Morgan fingerprint density at radius 1 is 1.80 bits per heavy atom. The number of rotatable bonds is 0. The lowest BCUT2D eigenvalue weighted by atomic mass is 10.3. The number of amides is 2. The Labute approximate surface area is 58.8 Å². The van der Waals surface area contributed by atoms with Crippen LogP contribution in [0.25, 0.3) is 0 Å². The van der Waals surface area contributed by atoms with Crippen molar-refractivity contribution in [2.24, 2.45) is 0 Å². The quantitative estimate of drug-likeness (QED) is 0.519. The van der Waals surface area contributed by atoms with Gasteiger partial charge in [0.1, 0.15) is 6.02 Å². The molecule has 1 atom stereocenters. The Morgan fingerprint density at radius 2 is 2.40 bits per heavy atom. The van der Waals surface area contributed by atoms with Gasteiger partial charge in [-0.25, -0.2) is 4.79 Å². The van der Waals surface area contributed by atoms with Crippen molar-refractivity contribution in [3.63, 3.8) is 0 Å². The van der Waals surface area contributed by atoms with Crippen molar-refractivity contribution >= 4 is 6.03 Å². The lowest BCUT2D eigenvalue weighted by molar-refractivity contribution is -0.148. The topological polar surface area (TPSA) is 41.1 Å². The maximum absolute atomic E-state index is 12.1. The Kier molecular flexibility index (Phi) is 0.822. The summed E-state index contributed by atoms with van der Waals surface area (Å²) in [5, 5.41) is 2.54. The fourth-order valence-electron chi connectivity index (χ4n) is 0.437. The van der Waals surface area contributed by atoms with E-state index in [2.05, 4.69) is 0 Å². The van der Waals surface area contributed by atoms with Crippen molar-refractivity contribution in [3.8, 4) is 0 Å². The van der Waals surface area contributed by atoms with Gasteiger partial charge in [0.2, 0.25) is 0 Å². The van der Waals surface area contributed by atoms with Gasteiger partial charge in [-0.3, -0.25) is 0 Å². The van der Waals surface area contributed by atoms with Crippen LogP contribution in [0.2, 0.25) is 0 Å². The van der Waals surface area contributed by atoms with Crippen molar-refractivity contribution in [3.05, 3.63) is 0 Å². The van der Waals surface area contributed by atoms with Gasteiger partial charge in [-0.05, 0) is 0 Å². The number of alkyl halides is 3. The summed E-state index contributed by atoms with van der Waals surface area (Å²) in [6.45, 7) is -3.16. The fourth-order valence-corrected chi connectivity index (χ4v) is 0.437. The molecule has 1 fully saturated rings. The molecule has 0 bridgehead atoms. The third-order valence-corrected chi connectivity index (χ3v) is 0.823. The smallest absolute Gasteiger partial charge is 0.336 e. The predicted octanol–water partition coefficient (Wildman–Crippen LogP) is 0.230. The molecule has 0 radical (unpaired) electrons. The molecule has 6 heteroatoms. The summed E-state index contributed by atoms with van der Waals surface area (Å²) >= 11 is 0. The molecule has 2 amide bonds. The first-order valence-corrected chi connectivity index (χ1v) is 2.27. The number of urea groups is 1. The SMILES string of the molecule is [2H]C1([2H])NC(=O)N[C@@]1([2H])C(F)(F)F. The van der Waals surface area contributed by atoms with E-state index >= 15 is 0 Å². The number of carbonyl (C=O) groups excluding carboxylic acids is 1. The van der Waals surface area contributed by atoms with Gasteiger partial charge in [0, 0.05) is 6.50 Å². The zero-order valence-corrected chi connectivity index (χ0v) is 4.54.